The fourth-order valence-electron chi connectivity index (χ4n) is 1.40. The van der Waals surface area contributed by atoms with Gasteiger partial charge in [0.25, 0.3) is 0 Å². The number of anilines is 1. The lowest BCUT2D eigenvalue weighted by atomic mass is 10.2. The SMILES string of the molecule is CC(C)OCCS(=O)(=O)Nc1cc(C(=O)O)c(F)cc1F. The third-order valence-electron chi connectivity index (χ3n) is 2.36. The number of halogens is 2. The van der Waals surface area contributed by atoms with Crippen molar-refractivity contribution in [1.82, 2.24) is 0 Å². The number of ether oxygens (including phenoxy) is 1. The summed E-state index contributed by atoms with van der Waals surface area (Å²) in [7, 11) is -3.94. The monoisotopic (exact) mass is 323 g/mol. The standard InChI is InChI=1S/C12H15F2NO5S/c1-7(2)20-3-4-21(18,19)15-11-5-8(12(16)17)9(13)6-10(11)14/h5-7,15H,3-4H2,1-2H3,(H,16,17). The molecule has 0 heterocycles. The van der Waals surface area contributed by atoms with Gasteiger partial charge in [0, 0.05) is 6.07 Å². The van der Waals surface area contributed by atoms with Crippen LogP contribution in [0.3, 0.4) is 0 Å². The van der Waals surface area contributed by atoms with Crippen LogP contribution in [0.15, 0.2) is 12.1 Å². The number of aromatic carboxylic acids is 1. The number of carboxylic acid groups (broad SMARTS) is 1. The molecule has 0 saturated heterocycles. The third-order valence-corrected chi connectivity index (χ3v) is 3.59. The van der Waals surface area contributed by atoms with Crippen molar-refractivity contribution in [3.8, 4) is 0 Å². The van der Waals surface area contributed by atoms with Gasteiger partial charge in [0.05, 0.1) is 29.7 Å². The molecule has 1 aromatic carbocycles. The van der Waals surface area contributed by atoms with Gasteiger partial charge in [-0.15, -0.1) is 0 Å². The highest BCUT2D eigenvalue weighted by Gasteiger charge is 2.19. The minimum Gasteiger partial charge on any atom is -0.478 e. The van der Waals surface area contributed by atoms with Gasteiger partial charge >= 0.3 is 5.97 Å². The Morgan fingerprint density at radius 2 is 1.95 bits per heavy atom. The summed E-state index contributed by atoms with van der Waals surface area (Å²) < 4.78 is 57.0. The lowest BCUT2D eigenvalue weighted by Crippen LogP contribution is -2.22. The van der Waals surface area contributed by atoms with Crippen LogP contribution in [0.25, 0.3) is 0 Å². The Labute approximate surface area is 120 Å². The van der Waals surface area contributed by atoms with Crippen molar-refractivity contribution in [2.24, 2.45) is 0 Å². The summed E-state index contributed by atoms with van der Waals surface area (Å²) in [5.74, 6) is -4.56. The number of carboxylic acids is 1. The normalized spacial score (nSPS) is 11.7. The average molecular weight is 323 g/mol. The van der Waals surface area contributed by atoms with Gasteiger partial charge in [-0.25, -0.2) is 22.0 Å². The highest BCUT2D eigenvalue weighted by molar-refractivity contribution is 7.92. The molecule has 0 saturated carbocycles. The molecule has 0 radical (unpaired) electrons. The number of hydrogen-bond acceptors (Lipinski definition) is 4. The smallest absolute Gasteiger partial charge is 0.338 e. The first-order chi connectivity index (χ1) is 9.62. The van der Waals surface area contributed by atoms with Crippen molar-refractivity contribution >= 4 is 21.7 Å². The maximum atomic E-state index is 13.5. The predicted molar refractivity (Wildman–Crippen MR) is 71.8 cm³/mol. The summed E-state index contributed by atoms with van der Waals surface area (Å²) in [6.07, 6.45) is -0.165. The van der Waals surface area contributed by atoms with Gasteiger partial charge in [-0.05, 0) is 19.9 Å². The second kappa shape index (κ2) is 6.81. The molecule has 6 nitrogen and oxygen atoms in total. The molecule has 0 aliphatic carbocycles. The van der Waals surface area contributed by atoms with Crippen LogP contribution < -0.4 is 4.72 Å². The molecule has 118 valence electrons. The van der Waals surface area contributed by atoms with Gasteiger partial charge in [-0.2, -0.15) is 0 Å². The topological polar surface area (TPSA) is 92.7 Å². The number of sulfonamides is 1. The summed E-state index contributed by atoms with van der Waals surface area (Å²) in [6.45, 7) is 3.33. The van der Waals surface area contributed by atoms with E-state index in [1.165, 1.54) is 0 Å². The molecule has 9 heteroatoms. The molecule has 1 aromatic rings. The zero-order valence-corrected chi connectivity index (χ0v) is 12.2. The maximum Gasteiger partial charge on any atom is 0.338 e. The van der Waals surface area contributed by atoms with Crippen LogP contribution in [0.4, 0.5) is 14.5 Å². The summed E-state index contributed by atoms with van der Waals surface area (Å²) >= 11 is 0. The lowest BCUT2D eigenvalue weighted by Gasteiger charge is -2.11. The van der Waals surface area contributed by atoms with Crippen LogP contribution >= 0.6 is 0 Å². The number of hydrogen-bond donors (Lipinski definition) is 2. The van der Waals surface area contributed by atoms with Crippen LogP contribution in [0.1, 0.15) is 24.2 Å². The summed E-state index contributed by atoms with van der Waals surface area (Å²) in [4.78, 5) is 10.7. The highest BCUT2D eigenvalue weighted by atomic mass is 32.2. The first-order valence-corrected chi connectivity index (χ1v) is 7.62. The quantitative estimate of drug-likeness (QED) is 0.798. The van der Waals surface area contributed by atoms with E-state index < -0.39 is 44.6 Å². The Morgan fingerprint density at radius 3 is 2.48 bits per heavy atom. The fraction of sp³-hybridized carbons (Fsp3) is 0.417. The molecular formula is C12H15F2NO5S. The molecule has 1 rings (SSSR count). The summed E-state index contributed by atoms with van der Waals surface area (Å²) in [5, 5.41) is 8.72. The Morgan fingerprint density at radius 1 is 1.33 bits per heavy atom. The Hall–Kier alpha value is -1.74. The molecule has 0 spiro atoms. The van der Waals surface area contributed by atoms with Crippen molar-refractivity contribution in [1.29, 1.82) is 0 Å². The van der Waals surface area contributed by atoms with Crippen LogP contribution in [-0.4, -0.2) is 38.0 Å². The van der Waals surface area contributed by atoms with E-state index in [0.717, 1.165) is 0 Å². The van der Waals surface area contributed by atoms with E-state index in [9.17, 15) is 22.0 Å². The van der Waals surface area contributed by atoms with Gasteiger partial charge in [0.15, 0.2) is 0 Å². The molecule has 0 aliphatic heterocycles. The molecule has 0 fully saturated rings. The van der Waals surface area contributed by atoms with E-state index in [1.54, 1.807) is 13.8 Å². The van der Waals surface area contributed by atoms with Crippen molar-refractivity contribution in [3.05, 3.63) is 29.3 Å². The number of benzene rings is 1. The summed E-state index contributed by atoms with van der Waals surface area (Å²) in [5.41, 5.74) is -1.45. The van der Waals surface area contributed by atoms with Crippen molar-refractivity contribution in [2.75, 3.05) is 17.1 Å². The van der Waals surface area contributed by atoms with E-state index in [2.05, 4.69) is 0 Å². The Bertz CT molecular complexity index is 631. The molecule has 0 bridgehead atoms. The number of carbonyl (C=O) groups is 1. The molecule has 0 amide bonds. The third kappa shape index (κ3) is 5.27. The molecule has 21 heavy (non-hydrogen) atoms. The van der Waals surface area contributed by atoms with Crippen molar-refractivity contribution in [2.45, 2.75) is 20.0 Å². The fourth-order valence-corrected chi connectivity index (χ4v) is 2.31. The van der Waals surface area contributed by atoms with Crippen LogP contribution in [-0.2, 0) is 14.8 Å². The molecule has 2 N–H and O–H groups in total. The molecule has 0 atom stereocenters. The number of rotatable bonds is 7. The second-order valence-corrected chi connectivity index (χ2v) is 6.30. The van der Waals surface area contributed by atoms with Gasteiger partial charge in [0.1, 0.15) is 11.6 Å². The van der Waals surface area contributed by atoms with E-state index in [4.69, 9.17) is 9.84 Å². The van der Waals surface area contributed by atoms with Crippen LogP contribution in [0, 0.1) is 11.6 Å². The molecule has 0 unspecified atom stereocenters. The first-order valence-electron chi connectivity index (χ1n) is 5.97. The zero-order valence-electron chi connectivity index (χ0n) is 11.4. The summed E-state index contributed by atoms with van der Waals surface area (Å²) in [6, 6.07) is 0.903. The van der Waals surface area contributed by atoms with Crippen molar-refractivity contribution in [3.63, 3.8) is 0 Å². The van der Waals surface area contributed by atoms with Gasteiger partial charge in [-0.1, -0.05) is 0 Å². The van der Waals surface area contributed by atoms with E-state index >= 15 is 0 Å². The Balaban J connectivity index is 2.91. The minimum absolute atomic E-state index is 0.110. The van der Waals surface area contributed by atoms with Gasteiger partial charge < -0.3 is 9.84 Å². The lowest BCUT2D eigenvalue weighted by molar-refractivity contribution is 0.0691. The largest absolute Gasteiger partial charge is 0.478 e. The minimum atomic E-state index is -3.94. The van der Waals surface area contributed by atoms with Gasteiger partial charge in [-0.3, -0.25) is 4.72 Å². The predicted octanol–water partition coefficient (Wildman–Crippen LogP) is 1.83. The van der Waals surface area contributed by atoms with E-state index in [1.807, 2.05) is 4.72 Å². The van der Waals surface area contributed by atoms with Gasteiger partial charge in [0.2, 0.25) is 10.0 Å². The van der Waals surface area contributed by atoms with E-state index in [0.29, 0.717) is 12.1 Å². The second-order valence-electron chi connectivity index (χ2n) is 4.46. The maximum absolute atomic E-state index is 13.5. The molecular weight excluding hydrogens is 308 g/mol. The van der Waals surface area contributed by atoms with Crippen molar-refractivity contribution < 1.29 is 31.8 Å². The average Bonchev–Trinajstić information content (AvgIpc) is 2.31. The first kappa shape index (κ1) is 17.3. The zero-order chi connectivity index (χ0) is 16.2. The number of nitrogens with one attached hydrogen (secondary N) is 1. The van der Waals surface area contributed by atoms with E-state index in [-0.39, 0.29) is 12.7 Å². The highest BCUT2D eigenvalue weighted by Crippen LogP contribution is 2.20. The van der Waals surface area contributed by atoms with Crippen LogP contribution in [0.2, 0.25) is 0 Å². The Kier molecular flexibility index (Phi) is 5.62. The molecule has 0 aromatic heterocycles. The van der Waals surface area contributed by atoms with Crippen LogP contribution in [0.5, 0.6) is 0 Å². The molecule has 0 aliphatic rings.